The van der Waals surface area contributed by atoms with E-state index in [2.05, 4.69) is 36.1 Å². The second-order valence-corrected chi connectivity index (χ2v) is 10.5. The number of piperidine rings is 1. The van der Waals surface area contributed by atoms with E-state index < -0.39 is 6.30 Å². The summed E-state index contributed by atoms with van der Waals surface area (Å²) in [7, 11) is 0. The summed E-state index contributed by atoms with van der Waals surface area (Å²) < 4.78 is 30.3. The molecule has 0 aliphatic carbocycles. The number of hydrogen-bond acceptors (Lipinski definition) is 3. The molecule has 0 saturated carbocycles. The van der Waals surface area contributed by atoms with Crippen molar-refractivity contribution in [3.05, 3.63) is 95.7 Å². The van der Waals surface area contributed by atoms with Gasteiger partial charge in [-0.15, -0.1) is 0 Å². The van der Waals surface area contributed by atoms with Gasteiger partial charge in [0.1, 0.15) is 11.6 Å². The average molecular weight is 511 g/mol. The number of fused-ring (bicyclic) bond motifs is 2. The van der Waals surface area contributed by atoms with E-state index >= 15 is 0 Å². The van der Waals surface area contributed by atoms with Crippen molar-refractivity contribution in [2.45, 2.75) is 51.9 Å². The number of pyridine rings is 1. The van der Waals surface area contributed by atoms with Gasteiger partial charge in [-0.05, 0) is 94.1 Å². The summed E-state index contributed by atoms with van der Waals surface area (Å²) in [4.78, 5) is 12.1. The van der Waals surface area contributed by atoms with Crippen molar-refractivity contribution >= 4 is 21.8 Å². The zero-order valence-corrected chi connectivity index (χ0v) is 22.0. The molecule has 0 bridgehead atoms. The highest BCUT2D eigenvalue weighted by molar-refractivity contribution is 5.95. The summed E-state index contributed by atoms with van der Waals surface area (Å²) in [5.41, 5.74) is 5.48. The second kappa shape index (κ2) is 9.91. The maximum absolute atomic E-state index is 14.6. The van der Waals surface area contributed by atoms with Crippen LogP contribution in [0.3, 0.4) is 0 Å². The third-order valence-electron chi connectivity index (χ3n) is 7.99. The first-order chi connectivity index (χ1) is 18.4. The minimum atomic E-state index is -1.11. The molecule has 3 heterocycles. The van der Waals surface area contributed by atoms with Crippen LogP contribution in [0, 0.1) is 12.7 Å². The molecule has 1 aliphatic heterocycles. The van der Waals surface area contributed by atoms with Crippen molar-refractivity contribution in [3.63, 3.8) is 0 Å². The molecule has 0 radical (unpaired) electrons. The van der Waals surface area contributed by atoms with Gasteiger partial charge in [-0.3, -0.25) is 14.5 Å². The average Bonchev–Trinajstić information content (AvgIpc) is 3.32. The van der Waals surface area contributed by atoms with Crippen LogP contribution in [0.25, 0.3) is 33.1 Å². The molecular formula is C32H32F2N4. The molecule has 1 fully saturated rings. The molecule has 2 unspecified atom stereocenters. The second-order valence-electron chi connectivity index (χ2n) is 10.5. The van der Waals surface area contributed by atoms with Crippen molar-refractivity contribution in [1.29, 1.82) is 0 Å². The Bertz CT molecular complexity index is 1620. The van der Waals surface area contributed by atoms with Crippen LogP contribution in [0.1, 0.15) is 62.0 Å². The van der Waals surface area contributed by atoms with Gasteiger partial charge in [0.05, 0.1) is 16.7 Å². The minimum absolute atomic E-state index is 0.239. The third-order valence-corrected chi connectivity index (χ3v) is 7.99. The number of alkyl halides is 1. The van der Waals surface area contributed by atoms with Gasteiger partial charge >= 0.3 is 0 Å². The van der Waals surface area contributed by atoms with Crippen molar-refractivity contribution in [3.8, 4) is 11.3 Å². The predicted octanol–water partition coefficient (Wildman–Crippen LogP) is 8.13. The molecule has 0 spiro atoms. The highest BCUT2D eigenvalue weighted by atomic mass is 19.1. The lowest BCUT2D eigenvalue weighted by Gasteiger charge is -2.36. The number of likely N-dealkylation sites (tertiary alicyclic amines) is 1. The summed E-state index contributed by atoms with van der Waals surface area (Å²) in [5, 5.41) is 2.14. The van der Waals surface area contributed by atoms with Gasteiger partial charge in [0.25, 0.3) is 0 Å². The fourth-order valence-corrected chi connectivity index (χ4v) is 6.01. The minimum Gasteiger partial charge on any atom is -0.297 e. The summed E-state index contributed by atoms with van der Waals surface area (Å²) in [6.07, 6.45) is 0.781. The number of imidazole rings is 1. The van der Waals surface area contributed by atoms with Gasteiger partial charge in [-0.2, -0.15) is 0 Å². The van der Waals surface area contributed by atoms with Crippen LogP contribution in [0.4, 0.5) is 8.78 Å². The van der Waals surface area contributed by atoms with Gasteiger partial charge in [-0.25, -0.2) is 13.8 Å². The summed E-state index contributed by atoms with van der Waals surface area (Å²) in [6, 6.07) is 23.3. The first kappa shape index (κ1) is 24.7. The smallest absolute Gasteiger partial charge is 0.174 e. The van der Waals surface area contributed by atoms with Crippen LogP contribution in [0.5, 0.6) is 0 Å². The quantitative estimate of drug-likeness (QED) is 0.239. The first-order valence-electron chi connectivity index (χ1n) is 13.4. The first-order valence-corrected chi connectivity index (χ1v) is 13.4. The van der Waals surface area contributed by atoms with E-state index in [0.29, 0.717) is 0 Å². The van der Waals surface area contributed by atoms with Crippen LogP contribution < -0.4 is 0 Å². The molecule has 1 aliphatic rings. The number of aromatic nitrogens is 3. The van der Waals surface area contributed by atoms with E-state index in [0.717, 1.165) is 70.5 Å². The van der Waals surface area contributed by atoms with Crippen LogP contribution in [0.15, 0.2) is 72.8 Å². The highest BCUT2D eigenvalue weighted by Gasteiger charge is 2.29. The molecule has 2 atom stereocenters. The van der Waals surface area contributed by atoms with Gasteiger partial charge < -0.3 is 0 Å². The van der Waals surface area contributed by atoms with Crippen LogP contribution in [-0.2, 0) is 0 Å². The lowest BCUT2D eigenvalue weighted by Crippen LogP contribution is -2.35. The fraction of sp³-hybridized carbons (Fsp3) is 0.312. The number of nitrogens with zero attached hydrogens (tertiary/aromatic N) is 4. The van der Waals surface area contributed by atoms with Gasteiger partial charge in [0.15, 0.2) is 6.30 Å². The number of rotatable bonds is 5. The van der Waals surface area contributed by atoms with E-state index in [1.165, 1.54) is 11.6 Å². The Kier molecular flexibility index (Phi) is 6.44. The fourth-order valence-electron chi connectivity index (χ4n) is 6.01. The molecular weight excluding hydrogens is 478 g/mol. The van der Waals surface area contributed by atoms with Crippen molar-refractivity contribution < 1.29 is 8.78 Å². The van der Waals surface area contributed by atoms with Crippen molar-refractivity contribution in [2.75, 3.05) is 13.1 Å². The summed E-state index contributed by atoms with van der Waals surface area (Å²) in [5.74, 6) is 0.847. The Morgan fingerprint density at radius 2 is 1.68 bits per heavy atom. The van der Waals surface area contributed by atoms with Crippen LogP contribution in [-0.4, -0.2) is 32.5 Å². The molecule has 6 heteroatoms. The zero-order chi connectivity index (χ0) is 26.4. The molecule has 3 aromatic carbocycles. The SMILES string of the molecule is Cc1cc2cc(C(C)N3CCC(c4nc5ccccc5n4C(C)F)CC3)ccc2c(-c2cccc(F)c2)n1. The molecule has 5 aromatic rings. The van der Waals surface area contributed by atoms with E-state index in [9.17, 15) is 8.78 Å². The topological polar surface area (TPSA) is 34.0 Å². The standard InChI is InChI=1S/C32H32F2N4/c1-20-17-26-18-24(11-12-28(26)31(35-20)25-7-6-8-27(34)19-25)21(2)37-15-13-23(14-16-37)32-36-29-9-4-5-10-30(29)38(32)22(3)33/h4-12,17-19,21-23H,13-16H2,1-3H3. The molecule has 6 rings (SSSR count). The molecule has 2 aromatic heterocycles. The lowest BCUT2D eigenvalue weighted by atomic mass is 9.93. The van der Waals surface area contributed by atoms with Crippen LogP contribution >= 0.6 is 0 Å². The Morgan fingerprint density at radius 3 is 2.45 bits per heavy atom. The maximum Gasteiger partial charge on any atom is 0.174 e. The molecule has 194 valence electrons. The monoisotopic (exact) mass is 510 g/mol. The van der Waals surface area contributed by atoms with Crippen molar-refractivity contribution in [1.82, 2.24) is 19.4 Å². The zero-order valence-electron chi connectivity index (χ0n) is 22.0. The lowest BCUT2D eigenvalue weighted by molar-refractivity contribution is 0.156. The maximum atomic E-state index is 14.6. The largest absolute Gasteiger partial charge is 0.297 e. The van der Waals surface area contributed by atoms with Gasteiger partial charge in [-0.1, -0.05) is 36.4 Å². The summed E-state index contributed by atoms with van der Waals surface area (Å²) in [6.45, 7) is 7.68. The highest BCUT2D eigenvalue weighted by Crippen LogP contribution is 2.36. The molecule has 38 heavy (non-hydrogen) atoms. The number of halogens is 2. The van der Waals surface area contributed by atoms with Gasteiger partial charge in [0.2, 0.25) is 0 Å². The predicted molar refractivity (Wildman–Crippen MR) is 149 cm³/mol. The molecule has 4 nitrogen and oxygen atoms in total. The van der Waals surface area contributed by atoms with E-state index in [1.54, 1.807) is 23.6 Å². The van der Waals surface area contributed by atoms with E-state index in [4.69, 9.17) is 9.97 Å². The van der Waals surface area contributed by atoms with E-state index in [-0.39, 0.29) is 17.8 Å². The Morgan fingerprint density at radius 1 is 0.895 bits per heavy atom. The molecule has 1 saturated heterocycles. The number of hydrogen-bond donors (Lipinski definition) is 0. The van der Waals surface area contributed by atoms with Crippen LogP contribution in [0.2, 0.25) is 0 Å². The third kappa shape index (κ3) is 4.47. The number of para-hydroxylation sites is 2. The number of benzene rings is 3. The van der Waals surface area contributed by atoms with Gasteiger partial charge in [0, 0.05) is 28.6 Å². The van der Waals surface area contributed by atoms with E-state index in [1.807, 2.05) is 37.3 Å². The number of aryl methyl sites for hydroxylation is 1. The Hall–Kier alpha value is -3.64. The Balaban J connectivity index is 1.24. The normalized spacial score (nSPS) is 16.8. The molecule has 0 N–H and O–H groups in total. The van der Waals surface area contributed by atoms with Crippen molar-refractivity contribution in [2.24, 2.45) is 0 Å². The summed E-state index contributed by atoms with van der Waals surface area (Å²) >= 11 is 0. The Labute approximate surface area is 222 Å². The molecule has 0 amide bonds.